The van der Waals surface area contributed by atoms with Gasteiger partial charge in [0.05, 0.1) is 0 Å². The van der Waals surface area contributed by atoms with Gasteiger partial charge in [-0.3, -0.25) is 4.79 Å². The second kappa shape index (κ2) is 6.23. The first kappa shape index (κ1) is 13.4. The van der Waals surface area contributed by atoms with Gasteiger partial charge in [-0.2, -0.15) is 0 Å². The molecular weight excluding hydrogens is 238 g/mol. The smallest absolute Gasteiger partial charge is 0.326 e. The van der Waals surface area contributed by atoms with Crippen LogP contribution < -0.4 is 0 Å². The van der Waals surface area contributed by atoms with E-state index in [0.29, 0.717) is 6.61 Å². The van der Waals surface area contributed by atoms with Crippen molar-refractivity contribution in [2.75, 3.05) is 6.61 Å². The Bertz CT molecular complexity index is 596. The van der Waals surface area contributed by atoms with Gasteiger partial charge in [0, 0.05) is 11.2 Å². The summed E-state index contributed by atoms with van der Waals surface area (Å²) in [5.41, 5.74) is 2.14. The Balaban J connectivity index is 2.06. The Kier molecular flexibility index (Phi) is 4.39. The molecule has 1 aromatic carbocycles. The van der Waals surface area contributed by atoms with E-state index in [2.05, 4.69) is 6.07 Å². The van der Waals surface area contributed by atoms with Crippen molar-refractivity contribution in [3.8, 4) is 0 Å². The SMILES string of the molecule is CC/C=C/COC(=O)Cn1c(C)cc2ccccc21. The second-order valence-electron chi connectivity index (χ2n) is 4.49. The van der Waals surface area contributed by atoms with Crippen LogP contribution in [0.3, 0.4) is 0 Å². The molecule has 0 bridgehead atoms. The summed E-state index contributed by atoms with van der Waals surface area (Å²) in [5, 5.41) is 1.15. The zero-order chi connectivity index (χ0) is 13.7. The third-order valence-electron chi connectivity index (χ3n) is 3.05. The Morgan fingerprint density at radius 2 is 2.11 bits per heavy atom. The molecule has 0 aliphatic heterocycles. The van der Waals surface area contributed by atoms with Crippen molar-refractivity contribution in [3.63, 3.8) is 0 Å². The lowest BCUT2D eigenvalue weighted by atomic mass is 10.2. The van der Waals surface area contributed by atoms with Gasteiger partial charge in [-0.1, -0.05) is 37.3 Å². The zero-order valence-electron chi connectivity index (χ0n) is 11.4. The molecule has 0 radical (unpaired) electrons. The summed E-state index contributed by atoms with van der Waals surface area (Å²) in [6, 6.07) is 10.1. The highest BCUT2D eigenvalue weighted by Gasteiger charge is 2.09. The average Bonchev–Trinajstić information content (AvgIpc) is 2.72. The molecule has 0 aliphatic rings. The van der Waals surface area contributed by atoms with Crippen molar-refractivity contribution in [1.29, 1.82) is 0 Å². The van der Waals surface area contributed by atoms with E-state index in [9.17, 15) is 4.79 Å². The summed E-state index contributed by atoms with van der Waals surface area (Å²) in [7, 11) is 0. The second-order valence-corrected chi connectivity index (χ2v) is 4.49. The van der Waals surface area contributed by atoms with Crippen LogP contribution in [0.1, 0.15) is 19.0 Å². The molecule has 0 atom stereocenters. The number of fused-ring (bicyclic) bond motifs is 1. The third kappa shape index (κ3) is 3.25. The van der Waals surface area contributed by atoms with Gasteiger partial charge in [-0.15, -0.1) is 0 Å². The van der Waals surface area contributed by atoms with Crippen LogP contribution in [-0.4, -0.2) is 17.1 Å². The summed E-state index contributed by atoms with van der Waals surface area (Å²) < 4.78 is 7.16. The minimum absolute atomic E-state index is 0.204. The lowest BCUT2D eigenvalue weighted by Crippen LogP contribution is -2.14. The molecule has 2 aromatic rings. The molecule has 0 saturated heterocycles. The molecule has 0 amide bonds. The first-order valence-corrected chi connectivity index (χ1v) is 6.58. The molecule has 1 heterocycles. The van der Waals surface area contributed by atoms with Crippen LogP contribution in [0.25, 0.3) is 10.9 Å². The van der Waals surface area contributed by atoms with Crippen LogP contribution in [0.2, 0.25) is 0 Å². The normalized spacial score (nSPS) is 11.3. The van der Waals surface area contributed by atoms with Crippen molar-refractivity contribution in [1.82, 2.24) is 4.57 Å². The van der Waals surface area contributed by atoms with Gasteiger partial charge in [0.15, 0.2) is 0 Å². The van der Waals surface area contributed by atoms with Crippen molar-refractivity contribution in [2.45, 2.75) is 26.8 Å². The maximum absolute atomic E-state index is 11.8. The predicted molar refractivity (Wildman–Crippen MR) is 77.1 cm³/mol. The van der Waals surface area contributed by atoms with Crippen LogP contribution in [-0.2, 0) is 16.1 Å². The summed E-state index contributed by atoms with van der Waals surface area (Å²) >= 11 is 0. The molecule has 19 heavy (non-hydrogen) atoms. The molecule has 3 heteroatoms. The molecule has 0 fully saturated rings. The van der Waals surface area contributed by atoms with Crippen LogP contribution in [0, 0.1) is 6.92 Å². The Morgan fingerprint density at radius 1 is 1.32 bits per heavy atom. The molecule has 0 N–H and O–H groups in total. The lowest BCUT2D eigenvalue weighted by molar-refractivity contribution is -0.143. The largest absolute Gasteiger partial charge is 0.460 e. The van der Waals surface area contributed by atoms with Crippen molar-refractivity contribution in [3.05, 3.63) is 48.2 Å². The summed E-state index contributed by atoms with van der Waals surface area (Å²) in [5.74, 6) is -0.204. The van der Waals surface area contributed by atoms with Gasteiger partial charge in [0.25, 0.3) is 0 Å². The van der Waals surface area contributed by atoms with E-state index < -0.39 is 0 Å². The lowest BCUT2D eigenvalue weighted by Gasteiger charge is -2.07. The fraction of sp³-hybridized carbons (Fsp3) is 0.312. The van der Waals surface area contributed by atoms with Crippen molar-refractivity contribution >= 4 is 16.9 Å². The number of hydrogen-bond donors (Lipinski definition) is 0. The molecule has 3 nitrogen and oxygen atoms in total. The number of benzene rings is 1. The molecule has 2 rings (SSSR count). The van der Waals surface area contributed by atoms with Crippen LogP contribution in [0.15, 0.2) is 42.5 Å². The van der Waals surface area contributed by atoms with Gasteiger partial charge >= 0.3 is 5.97 Å². The quantitative estimate of drug-likeness (QED) is 0.606. The number of hydrogen-bond acceptors (Lipinski definition) is 2. The average molecular weight is 257 g/mol. The number of para-hydroxylation sites is 1. The van der Waals surface area contributed by atoms with E-state index in [4.69, 9.17) is 4.74 Å². The Labute approximate surface area is 113 Å². The number of carbonyl (C=O) groups is 1. The topological polar surface area (TPSA) is 31.2 Å². The highest BCUT2D eigenvalue weighted by molar-refractivity contribution is 5.83. The molecular formula is C16H19NO2. The molecule has 0 spiro atoms. The number of allylic oxidation sites excluding steroid dienone is 1. The number of esters is 1. The van der Waals surface area contributed by atoms with E-state index in [1.165, 1.54) is 0 Å². The number of carbonyl (C=O) groups excluding carboxylic acids is 1. The van der Waals surface area contributed by atoms with Gasteiger partial charge < -0.3 is 9.30 Å². The first-order valence-electron chi connectivity index (χ1n) is 6.58. The van der Waals surface area contributed by atoms with Crippen molar-refractivity contribution in [2.24, 2.45) is 0 Å². The molecule has 1 aromatic heterocycles. The maximum atomic E-state index is 11.8. The number of rotatable bonds is 5. The number of ether oxygens (including phenoxy) is 1. The van der Waals surface area contributed by atoms with E-state index in [0.717, 1.165) is 23.0 Å². The monoisotopic (exact) mass is 257 g/mol. The number of nitrogens with zero attached hydrogens (tertiary/aromatic N) is 1. The molecule has 100 valence electrons. The molecule has 0 unspecified atom stereocenters. The third-order valence-corrected chi connectivity index (χ3v) is 3.05. The van der Waals surface area contributed by atoms with E-state index in [1.54, 1.807) is 0 Å². The Morgan fingerprint density at radius 3 is 2.89 bits per heavy atom. The minimum atomic E-state index is -0.204. The number of aromatic nitrogens is 1. The van der Waals surface area contributed by atoms with Crippen LogP contribution in [0.5, 0.6) is 0 Å². The fourth-order valence-corrected chi connectivity index (χ4v) is 2.11. The fourth-order valence-electron chi connectivity index (χ4n) is 2.11. The highest BCUT2D eigenvalue weighted by atomic mass is 16.5. The zero-order valence-corrected chi connectivity index (χ0v) is 11.4. The van der Waals surface area contributed by atoms with E-state index in [1.807, 2.05) is 54.8 Å². The predicted octanol–water partition coefficient (Wildman–Crippen LogP) is 3.46. The van der Waals surface area contributed by atoms with E-state index in [-0.39, 0.29) is 12.5 Å². The van der Waals surface area contributed by atoms with Gasteiger partial charge in [0.2, 0.25) is 0 Å². The van der Waals surface area contributed by atoms with Gasteiger partial charge in [-0.25, -0.2) is 0 Å². The maximum Gasteiger partial charge on any atom is 0.326 e. The standard InChI is InChI=1S/C16H19NO2/c1-3-4-7-10-19-16(18)12-17-13(2)11-14-8-5-6-9-15(14)17/h4-9,11H,3,10,12H2,1-2H3/b7-4+. The van der Waals surface area contributed by atoms with Gasteiger partial charge in [0.1, 0.15) is 13.2 Å². The summed E-state index contributed by atoms with van der Waals surface area (Å²) in [6.45, 7) is 4.67. The van der Waals surface area contributed by atoms with Crippen molar-refractivity contribution < 1.29 is 9.53 Å². The molecule has 0 aliphatic carbocycles. The summed E-state index contributed by atoms with van der Waals surface area (Å²) in [6.07, 6.45) is 4.82. The highest BCUT2D eigenvalue weighted by Crippen LogP contribution is 2.18. The van der Waals surface area contributed by atoms with E-state index >= 15 is 0 Å². The molecule has 0 saturated carbocycles. The first-order chi connectivity index (χ1) is 9.22. The Hall–Kier alpha value is -2.03. The van der Waals surface area contributed by atoms with Crippen LogP contribution in [0.4, 0.5) is 0 Å². The number of aryl methyl sites for hydroxylation is 1. The van der Waals surface area contributed by atoms with Crippen LogP contribution >= 0.6 is 0 Å². The minimum Gasteiger partial charge on any atom is -0.460 e. The van der Waals surface area contributed by atoms with Gasteiger partial charge in [-0.05, 0) is 30.9 Å². The summed E-state index contributed by atoms with van der Waals surface area (Å²) in [4.78, 5) is 11.8.